The van der Waals surface area contributed by atoms with Gasteiger partial charge in [-0.1, -0.05) is 49.9 Å². The number of nitrogens with zero attached hydrogens (tertiary/aromatic N) is 1. The maximum atomic E-state index is 13.6. The third-order valence-corrected chi connectivity index (χ3v) is 7.05. The van der Waals surface area contributed by atoms with Crippen molar-refractivity contribution in [3.05, 3.63) is 74.6 Å². The molecule has 2 aliphatic rings. The van der Waals surface area contributed by atoms with E-state index >= 15 is 0 Å². The minimum atomic E-state index is -0.556. The summed E-state index contributed by atoms with van der Waals surface area (Å²) in [5.74, 6) is 0.590. The third-order valence-electron chi connectivity index (χ3n) is 6.81. The van der Waals surface area contributed by atoms with Gasteiger partial charge >= 0.3 is 0 Å². The molecule has 2 aliphatic heterocycles. The van der Waals surface area contributed by atoms with Crippen LogP contribution in [-0.2, 0) is 4.74 Å². The molecule has 2 aromatic carbocycles. The van der Waals surface area contributed by atoms with E-state index in [-0.39, 0.29) is 23.2 Å². The molecule has 35 heavy (non-hydrogen) atoms. The molecular weight excluding hydrogens is 466 g/mol. The Hall–Kier alpha value is -2.83. The summed E-state index contributed by atoms with van der Waals surface area (Å²) in [6.45, 7) is 3.95. The maximum absolute atomic E-state index is 13.6. The summed E-state index contributed by atoms with van der Waals surface area (Å²) in [5.41, 5.74) is 1.32. The fraction of sp³-hybridized carbons (Fsp3) is 0.429. The van der Waals surface area contributed by atoms with E-state index < -0.39 is 6.04 Å². The highest BCUT2D eigenvalue weighted by Crippen LogP contribution is 2.39. The van der Waals surface area contributed by atoms with E-state index in [4.69, 9.17) is 25.5 Å². The van der Waals surface area contributed by atoms with Crippen LogP contribution in [0.5, 0.6) is 5.75 Å². The second kappa shape index (κ2) is 10.4. The molecule has 3 aromatic rings. The van der Waals surface area contributed by atoms with Crippen LogP contribution < -0.4 is 10.2 Å². The summed E-state index contributed by atoms with van der Waals surface area (Å²) in [6.07, 6.45) is 6.37. The van der Waals surface area contributed by atoms with Gasteiger partial charge in [-0.25, -0.2) is 0 Å². The third kappa shape index (κ3) is 4.82. The highest BCUT2D eigenvalue weighted by Gasteiger charge is 2.43. The highest BCUT2D eigenvalue weighted by atomic mass is 35.5. The van der Waals surface area contributed by atoms with Crippen LogP contribution in [0.3, 0.4) is 0 Å². The van der Waals surface area contributed by atoms with Gasteiger partial charge in [-0.3, -0.25) is 9.59 Å². The number of fused-ring (bicyclic) bond motifs is 2. The summed E-state index contributed by atoms with van der Waals surface area (Å²) in [4.78, 5) is 28.9. The van der Waals surface area contributed by atoms with Crippen molar-refractivity contribution in [2.24, 2.45) is 0 Å². The van der Waals surface area contributed by atoms with Crippen molar-refractivity contribution in [2.45, 2.75) is 57.6 Å². The first-order valence-corrected chi connectivity index (χ1v) is 12.9. The number of unbranched alkanes of at least 4 members (excludes halogenated alkanes) is 3. The van der Waals surface area contributed by atoms with Gasteiger partial charge in [0.15, 0.2) is 5.43 Å². The van der Waals surface area contributed by atoms with Crippen LogP contribution in [-0.4, -0.2) is 36.7 Å². The van der Waals surface area contributed by atoms with Crippen LogP contribution in [0.15, 0.2) is 51.7 Å². The molecule has 184 valence electrons. The molecular formula is C28H30ClNO5. The Morgan fingerprint density at radius 1 is 1.09 bits per heavy atom. The van der Waals surface area contributed by atoms with Gasteiger partial charge in [0.25, 0.3) is 5.91 Å². The molecule has 1 fully saturated rings. The van der Waals surface area contributed by atoms with Crippen molar-refractivity contribution < 1.29 is 18.7 Å². The average Bonchev–Trinajstić information content (AvgIpc) is 3.47. The molecule has 0 saturated carbocycles. The molecule has 2 atom stereocenters. The first kappa shape index (κ1) is 23.9. The van der Waals surface area contributed by atoms with E-state index in [2.05, 4.69) is 6.92 Å². The van der Waals surface area contributed by atoms with E-state index in [1.807, 2.05) is 24.3 Å². The van der Waals surface area contributed by atoms with Gasteiger partial charge in [-0.15, -0.1) is 0 Å². The summed E-state index contributed by atoms with van der Waals surface area (Å²) in [5, 5.41) is 0.822. The van der Waals surface area contributed by atoms with Gasteiger partial charge in [-0.2, -0.15) is 0 Å². The number of ether oxygens (including phenoxy) is 2. The van der Waals surface area contributed by atoms with Crippen LogP contribution in [0.25, 0.3) is 11.0 Å². The summed E-state index contributed by atoms with van der Waals surface area (Å²) < 4.78 is 17.7. The van der Waals surface area contributed by atoms with E-state index in [1.54, 1.807) is 23.1 Å². The topological polar surface area (TPSA) is 69.0 Å². The predicted molar refractivity (Wildman–Crippen MR) is 135 cm³/mol. The van der Waals surface area contributed by atoms with Crippen LogP contribution >= 0.6 is 11.6 Å². The lowest BCUT2D eigenvalue weighted by Crippen LogP contribution is -2.36. The Morgan fingerprint density at radius 3 is 2.66 bits per heavy atom. The second-order valence-electron chi connectivity index (χ2n) is 9.29. The van der Waals surface area contributed by atoms with Crippen molar-refractivity contribution in [1.29, 1.82) is 0 Å². The van der Waals surface area contributed by atoms with E-state index in [9.17, 15) is 9.59 Å². The van der Waals surface area contributed by atoms with Crippen molar-refractivity contribution in [3.8, 4) is 5.75 Å². The number of carbonyl (C=O) groups is 1. The number of hydrogen-bond acceptors (Lipinski definition) is 5. The standard InChI is InChI=1S/C28H30ClNO5/c1-2-3-4-5-14-33-20-11-8-18(9-12-20)25-24-26(31)22-16-19(29)10-13-23(22)35-27(24)28(32)30(25)17-21-7-6-15-34-21/h8-13,16,21,25H,2-7,14-15,17H2,1H3. The number of hydrogen-bond donors (Lipinski definition) is 0. The zero-order chi connectivity index (χ0) is 24.4. The van der Waals surface area contributed by atoms with Crippen molar-refractivity contribution >= 4 is 28.5 Å². The lowest BCUT2D eigenvalue weighted by molar-refractivity contribution is 0.0486. The Bertz CT molecular complexity index is 1260. The van der Waals surface area contributed by atoms with Crippen LogP contribution in [0.2, 0.25) is 5.02 Å². The lowest BCUT2D eigenvalue weighted by atomic mass is 9.98. The van der Waals surface area contributed by atoms with E-state index in [0.717, 1.165) is 37.0 Å². The Kier molecular flexibility index (Phi) is 7.12. The van der Waals surface area contributed by atoms with E-state index in [1.165, 1.54) is 12.8 Å². The summed E-state index contributed by atoms with van der Waals surface area (Å²) in [7, 11) is 0. The Morgan fingerprint density at radius 2 is 1.91 bits per heavy atom. The average molecular weight is 496 g/mol. The minimum absolute atomic E-state index is 0.0551. The molecule has 7 heteroatoms. The molecule has 6 nitrogen and oxygen atoms in total. The maximum Gasteiger partial charge on any atom is 0.291 e. The number of amides is 1. The molecule has 0 bridgehead atoms. The highest BCUT2D eigenvalue weighted by molar-refractivity contribution is 6.31. The van der Waals surface area contributed by atoms with Gasteiger partial charge in [0.1, 0.15) is 11.3 Å². The lowest BCUT2D eigenvalue weighted by Gasteiger charge is -2.27. The fourth-order valence-electron chi connectivity index (χ4n) is 5.00. The largest absolute Gasteiger partial charge is 0.494 e. The number of benzene rings is 2. The van der Waals surface area contributed by atoms with Crippen molar-refractivity contribution in [3.63, 3.8) is 0 Å². The molecule has 1 amide bonds. The van der Waals surface area contributed by atoms with Gasteiger partial charge < -0.3 is 18.8 Å². The second-order valence-corrected chi connectivity index (χ2v) is 9.72. The number of halogens is 1. The molecule has 3 heterocycles. The number of carbonyl (C=O) groups excluding carboxylic acids is 1. The summed E-state index contributed by atoms with van der Waals surface area (Å²) >= 11 is 6.16. The molecule has 5 rings (SSSR count). The normalized spacial score (nSPS) is 19.5. The SMILES string of the molecule is CCCCCCOc1ccc(C2c3c(oc4ccc(Cl)cc4c3=O)C(=O)N2CC2CCCO2)cc1. The predicted octanol–water partition coefficient (Wildman–Crippen LogP) is 6.13. The van der Waals surface area contributed by atoms with Crippen LogP contribution in [0.4, 0.5) is 0 Å². The first-order valence-electron chi connectivity index (χ1n) is 12.5. The van der Waals surface area contributed by atoms with E-state index in [0.29, 0.717) is 41.3 Å². The minimum Gasteiger partial charge on any atom is -0.494 e. The molecule has 0 radical (unpaired) electrons. The van der Waals surface area contributed by atoms with Gasteiger partial charge in [0, 0.05) is 18.2 Å². The van der Waals surface area contributed by atoms with Crippen molar-refractivity contribution in [2.75, 3.05) is 19.8 Å². The van der Waals surface area contributed by atoms with Gasteiger partial charge in [0.05, 0.1) is 29.7 Å². The van der Waals surface area contributed by atoms with Crippen molar-refractivity contribution in [1.82, 2.24) is 4.90 Å². The molecule has 0 spiro atoms. The number of rotatable bonds is 9. The summed E-state index contributed by atoms with van der Waals surface area (Å²) in [6, 6.07) is 12.0. The molecule has 0 aliphatic carbocycles. The monoisotopic (exact) mass is 495 g/mol. The molecule has 2 unspecified atom stereocenters. The van der Waals surface area contributed by atoms with Gasteiger partial charge in [0.2, 0.25) is 5.76 Å². The van der Waals surface area contributed by atoms with Gasteiger partial charge in [-0.05, 0) is 55.2 Å². The first-order chi connectivity index (χ1) is 17.1. The fourth-order valence-corrected chi connectivity index (χ4v) is 5.17. The molecule has 1 aromatic heterocycles. The molecule has 0 N–H and O–H groups in total. The smallest absolute Gasteiger partial charge is 0.291 e. The molecule has 1 saturated heterocycles. The zero-order valence-electron chi connectivity index (χ0n) is 19.9. The van der Waals surface area contributed by atoms with Crippen LogP contribution in [0, 0.1) is 0 Å². The Balaban J connectivity index is 1.49. The quantitative estimate of drug-likeness (QED) is 0.334. The van der Waals surface area contributed by atoms with Crippen LogP contribution in [0.1, 0.15) is 73.2 Å². The Labute approximate surface area is 209 Å². The zero-order valence-corrected chi connectivity index (χ0v) is 20.7.